The van der Waals surface area contributed by atoms with Crippen LogP contribution in [0.1, 0.15) is 6.42 Å². The Morgan fingerprint density at radius 1 is 1.46 bits per heavy atom. The molecule has 0 aliphatic carbocycles. The quantitative estimate of drug-likeness (QED) is 0.597. The average Bonchev–Trinajstić information content (AvgIpc) is 2.16. The minimum atomic E-state index is 0.249. The fourth-order valence-corrected chi connectivity index (χ4v) is 1.61. The minimum Gasteiger partial charge on any atom is -0.304 e. The number of rotatable bonds is 3. The molecule has 0 aromatic rings. The molecule has 1 fully saturated rings. The van der Waals surface area contributed by atoms with Gasteiger partial charge in [0, 0.05) is 32.2 Å². The first kappa shape index (κ1) is 10.2. The van der Waals surface area contributed by atoms with Crippen molar-refractivity contribution in [1.82, 2.24) is 9.80 Å². The first-order valence-corrected chi connectivity index (χ1v) is 4.70. The minimum absolute atomic E-state index is 0.249. The van der Waals surface area contributed by atoms with E-state index in [1.165, 1.54) is 0 Å². The Morgan fingerprint density at radius 3 is 2.54 bits per heavy atom. The van der Waals surface area contributed by atoms with E-state index in [1.54, 1.807) is 0 Å². The van der Waals surface area contributed by atoms with E-state index in [-0.39, 0.29) is 6.04 Å². The normalized spacial score (nSPS) is 22.2. The van der Waals surface area contributed by atoms with Gasteiger partial charge in [0.1, 0.15) is 0 Å². The lowest BCUT2D eigenvalue weighted by molar-refractivity contribution is 0.131. The Hall–Kier alpha value is -0.850. The van der Waals surface area contributed by atoms with Crippen molar-refractivity contribution >= 4 is 0 Å². The van der Waals surface area contributed by atoms with E-state index in [2.05, 4.69) is 29.5 Å². The number of hydrogen-bond acceptors (Lipinski definition) is 3. The van der Waals surface area contributed by atoms with E-state index in [1.807, 2.05) is 6.08 Å². The summed E-state index contributed by atoms with van der Waals surface area (Å²) < 4.78 is 0. The van der Waals surface area contributed by atoms with E-state index < -0.39 is 0 Å². The molecule has 3 heteroatoms. The Morgan fingerprint density at radius 2 is 2.08 bits per heavy atom. The Balaban J connectivity index is 2.42. The van der Waals surface area contributed by atoms with Gasteiger partial charge in [-0.3, -0.25) is 4.90 Å². The summed E-state index contributed by atoms with van der Waals surface area (Å²) >= 11 is 0. The molecule has 0 saturated carbocycles. The third kappa shape index (κ3) is 2.83. The van der Waals surface area contributed by atoms with Crippen LogP contribution in [0, 0.1) is 11.3 Å². The molecule has 0 amide bonds. The third-order valence-corrected chi connectivity index (χ3v) is 2.58. The summed E-state index contributed by atoms with van der Waals surface area (Å²) in [6.45, 7) is 8.05. The maximum atomic E-state index is 8.62. The Bertz CT molecular complexity index is 199. The molecule has 0 spiro atoms. The standard InChI is InChI=1S/C10H17N3/c1-3-10(4-5-11)13-8-6-12(2)7-9-13/h3,10H,1,4,6-9H2,2H3. The highest BCUT2D eigenvalue weighted by Gasteiger charge is 2.19. The van der Waals surface area contributed by atoms with E-state index >= 15 is 0 Å². The molecular weight excluding hydrogens is 162 g/mol. The fraction of sp³-hybridized carbons (Fsp3) is 0.700. The van der Waals surface area contributed by atoms with Gasteiger partial charge in [-0.25, -0.2) is 0 Å². The Labute approximate surface area is 80.2 Å². The maximum absolute atomic E-state index is 8.62. The molecule has 13 heavy (non-hydrogen) atoms. The predicted molar refractivity (Wildman–Crippen MR) is 53.3 cm³/mol. The molecule has 0 radical (unpaired) electrons. The van der Waals surface area contributed by atoms with Crippen LogP contribution in [0.25, 0.3) is 0 Å². The summed E-state index contributed by atoms with van der Waals surface area (Å²) in [5.41, 5.74) is 0. The van der Waals surface area contributed by atoms with Gasteiger partial charge in [-0.15, -0.1) is 6.58 Å². The monoisotopic (exact) mass is 179 g/mol. The molecular formula is C10H17N3. The molecule has 0 aromatic carbocycles. The van der Waals surface area contributed by atoms with Gasteiger partial charge in [0.25, 0.3) is 0 Å². The second-order valence-corrected chi connectivity index (χ2v) is 3.50. The number of hydrogen-bond donors (Lipinski definition) is 0. The molecule has 1 atom stereocenters. The second kappa shape index (κ2) is 5.00. The van der Waals surface area contributed by atoms with E-state index in [0.717, 1.165) is 26.2 Å². The van der Waals surface area contributed by atoms with Gasteiger partial charge >= 0.3 is 0 Å². The first-order chi connectivity index (χ1) is 6.27. The summed E-state index contributed by atoms with van der Waals surface area (Å²) in [7, 11) is 2.13. The van der Waals surface area contributed by atoms with Gasteiger partial charge in [-0.05, 0) is 7.05 Å². The molecule has 1 unspecified atom stereocenters. The van der Waals surface area contributed by atoms with Crippen LogP contribution in [0.15, 0.2) is 12.7 Å². The molecule has 0 aromatic heterocycles. The highest BCUT2D eigenvalue weighted by Crippen LogP contribution is 2.08. The van der Waals surface area contributed by atoms with Crippen LogP contribution in [-0.2, 0) is 0 Å². The smallest absolute Gasteiger partial charge is 0.0641 e. The molecule has 1 saturated heterocycles. The van der Waals surface area contributed by atoms with E-state index in [4.69, 9.17) is 5.26 Å². The van der Waals surface area contributed by atoms with Gasteiger partial charge in [-0.2, -0.15) is 5.26 Å². The molecule has 72 valence electrons. The SMILES string of the molecule is C=CC(CC#N)N1CCN(C)CC1. The van der Waals surface area contributed by atoms with Crippen LogP contribution in [0.2, 0.25) is 0 Å². The van der Waals surface area contributed by atoms with Crippen molar-refractivity contribution in [3.8, 4) is 6.07 Å². The molecule has 0 bridgehead atoms. The Kier molecular flexibility index (Phi) is 3.94. The number of nitrogens with zero attached hydrogens (tertiary/aromatic N) is 3. The highest BCUT2D eigenvalue weighted by molar-refractivity contribution is 4.95. The summed E-state index contributed by atoms with van der Waals surface area (Å²) in [6, 6.07) is 2.45. The van der Waals surface area contributed by atoms with Crippen molar-refractivity contribution in [2.75, 3.05) is 33.2 Å². The van der Waals surface area contributed by atoms with Crippen LogP contribution in [0.4, 0.5) is 0 Å². The van der Waals surface area contributed by atoms with Gasteiger partial charge in [0.05, 0.1) is 12.5 Å². The lowest BCUT2D eigenvalue weighted by Gasteiger charge is -2.35. The summed E-state index contributed by atoms with van der Waals surface area (Å²) in [4.78, 5) is 4.64. The fourth-order valence-electron chi connectivity index (χ4n) is 1.61. The van der Waals surface area contributed by atoms with Crippen LogP contribution in [0.3, 0.4) is 0 Å². The van der Waals surface area contributed by atoms with Crippen molar-refractivity contribution in [3.05, 3.63) is 12.7 Å². The highest BCUT2D eigenvalue weighted by atomic mass is 15.3. The van der Waals surface area contributed by atoms with Gasteiger partial charge in [0.15, 0.2) is 0 Å². The molecule has 1 rings (SSSR count). The van der Waals surface area contributed by atoms with Crippen molar-refractivity contribution in [1.29, 1.82) is 5.26 Å². The second-order valence-electron chi connectivity index (χ2n) is 3.50. The van der Waals surface area contributed by atoms with Crippen molar-refractivity contribution in [2.24, 2.45) is 0 Å². The topological polar surface area (TPSA) is 30.3 Å². The first-order valence-electron chi connectivity index (χ1n) is 4.70. The van der Waals surface area contributed by atoms with Gasteiger partial charge in [0.2, 0.25) is 0 Å². The average molecular weight is 179 g/mol. The zero-order valence-corrected chi connectivity index (χ0v) is 8.24. The zero-order valence-electron chi connectivity index (χ0n) is 8.24. The molecule has 1 aliphatic heterocycles. The summed E-state index contributed by atoms with van der Waals surface area (Å²) in [5, 5.41) is 8.62. The van der Waals surface area contributed by atoms with Crippen molar-refractivity contribution in [3.63, 3.8) is 0 Å². The number of piperazine rings is 1. The number of nitriles is 1. The van der Waals surface area contributed by atoms with Crippen molar-refractivity contribution < 1.29 is 0 Å². The summed E-state index contributed by atoms with van der Waals surface area (Å²) in [6.07, 6.45) is 2.45. The maximum Gasteiger partial charge on any atom is 0.0641 e. The van der Waals surface area contributed by atoms with E-state index in [0.29, 0.717) is 6.42 Å². The van der Waals surface area contributed by atoms with Crippen LogP contribution < -0.4 is 0 Å². The predicted octanol–water partition coefficient (Wildman–Crippen LogP) is 0.702. The van der Waals surface area contributed by atoms with Crippen LogP contribution in [0.5, 0.6) is 0 Å². The molecule has 1 heterocycles. The van der Waals surface area contributed by atoms with Crippen molar-refractivity contribution in [2.45, 2.75) is 12.5 Å². The lowest BCUT2D eigenvalue weighted by atomic mass is 10.1. The summed E-state index contributed by atoms with van der Waals surface area (Å²) in [5.74, 6) is 0. The van der Waals surface area contributed by atoms with Gasteiger partial charge in [-0.1, -0.05) is 6.08 Å². The molecule has 0 N–H and O–H groups in total. The third-order valence-electron chi connectivity index (χ3n) is 2.58. The van der Waals surface area contributed by atoms with E-state index in [9.17, 15) is 0 Å². The van der Waals surface area contributed by atoms with Crippen LogP contribution in [-0.4, -0.2) is 49.1 Å². The van der Waals surface area contributed by atoms with Gasteiger partial charge < -0.3 is 4.90 Å². The molecule has 1 aliphatic rings. The van der Waals surface area contributed by atoms with Crippen LogP contribution >= 0.6 is 0 Å². The zero-order chi connectivity index (χ0) is 9.68. The lowest BCUT2D eigenvalue weighted by Crippen LogP contribution is -2.48. The largest absolute Gasteiger partial charge is 0.304 e. The number of likely N-dealkylation sites (N-methyl/N-ethyl adjacent to an activating group) is 1. The molecule has 3 nitrogen and oxygen atoms in total.